The number of methoxy groups -OCH3 is 1. The lowest BCUT2D eigenvalue weighted by molar-refractivity contribution is -0.114. The summed E-state index contributed by atoms with van der Waals surface area (Å²) in [6, 6.07) is 0. The van der Waals surface area contributed by atoms with Gasteiger partial charge in [-0.25, -0.2) is 4.98 Å². The molecule has 1 aromatic rings. The van der Waals surface area contributed by atoms with Crippen molar-refractivity contribution in [3.63, 3.8) is 0 Å². The molecule has 0 saturated heterocycles. The lowest BCUT2D eigenvalue weighted by atomic mass is 9.97. The smallest absolute Gasteiger partial charge is 0.156 e. The van der Waals surface area contributed by atoms with Crippen LogP contribution in [-0.2, 0) is 16.1 Å². The standard InChI is InChI=1S/C11H13NO2S/c1-14-6-10-11(15-7-12-10)8-3-2-4-9(13)5-8/h5,7H,2-4,6H2,1H3. The summed E-state index contributed by atoms with van der Waals surface area (Å²) in [7, 11) is 1.66. The fraction of sp³-hybridized carbons (Fsp3) is 0.455. The normalized spacial score (nSPS) is 16.6. The van der Waals surface area contributed by atoms with Crippen molar-refractivity contribution in [2.45, 2.75) is 25.9 Å². The van der Waals surface area contributed by atoms with Gasteiger partial charge in [0.05, 0.1) is 22.7 Å². The average molecular weight is 223 g/mol. The van der Waals surface area contributed by atoms with Crippen LogP contribution in [-0.4, -0.2) is 17.9 Å². The van der Waals surface area contributed by atoms with E-state index < -0.39 is 0 Å². The van der Waals surface area contributed by atoms with Gasteiger partial charge in [-0.05, 0) is 24.5 Å². The van der Waals surface area contributed by atoms with Crippen LogP contribution in [0, 0.1) is 0 Å². The highest BCUT2D eigenvalue weighted by molar-refractivity contribution is 7.11. The second kappa shape index (κ2) is 4.68. The molecule has 0 aliphatic heterocycles. The Hall–Kier alpha value is -1.00. The molecule has 0 spiro atoms. The van der Waals surface area contributed by atoms with E-state index in [1.165, 1.54) is 0 Å². The lowest BCUT2D eigenvalue weighted by Crippen LogP contribution is -2.03. The molecular formula is C11H13NO2S. The molecule has 1 aliphatic carbocycles. The van der Waals surface area contributed by atoms with E-state index in [1.807, 2.05) is 5.51 Å². The summed E-state index contributed by atoms with van der Waals surface area (Å²) in [5, 5.41) is 0. The molecule has 0 saturated carbocycles. The summed E-state index contributed by atoms with van der Waals surface area (Å²) >= 11 is 1.59. The Morgan fingerprint density at radius 1 is 1.53 bits per heavy atom. The first-order valence-electron chi connectivity index (χ1n) is 4.96. The Kier molecular flexibility index (Phi) is 3.28. The minimum absolute atomic E-state index is 0.230. The van der Waals surface area contributed by atoms with Gasteiger partial charge in [-0.15, -0.1) is 11.3 Å². The van der Waals surface area contributed by atoms with Gasteiger partial charge in [-0.3, -0.25) is 4.79 Å². The molecule has 2 rings (SSSR count). The summed E-state index contributed by atoms with van der Waals surface area (Å²) in [4.78, 5) is 16.7. The maximum atomic E-state index is 11.3. The molecular weight excluding hydrogens is 210 g/mol. The number of hydrogen-bond donors (Lipinski definition) is 0. The molecule has 3 nitrogen and oxygen atoms in total. The van der Waals surface area contributed by atoms with Crippen molar-refractivity contribution in [1.82, 2.24) is 4.98 Å². The molecule has 4 heteroatoms. The van der Waals surface area contributed by atoms with E-state index in [0.717, 1.165) is 29.0 Å². The zero-order valence-corrected chi connectivity index (χ0v) is 9.47. The number of thiazole rings is 1. The molecule has 1 aliphatic rings. The Labute approximate surface area is 92.8 Å². The van der Waals surface area contributed by atoms with E-state index in [-0.39, 0.29) is 5.78 Å². The quantitative estimate of drug-likeness (QED) is 0.790. The minimum atomic E-state index is 0.230. The number of ether oxygens (including phenoxy) is 1. The van der Waals surface area contributed by atoms with Crippen LogP contribution in [0.1, 0.15) is 29.8 Å². The molecule has 0 bridgehead atoms. The summed E-state index contributed by atoms with van der Waals surface area (Å²) in [6.45, 7) is 0.518. The maximum absolute atomic E-state index is 11.3. The highest BCUT2D eigenvalue weighted by Crippen LogP contribution is 2.30. The maximum Gasteiger partial charge on any atom is 0.156 e. The summed E-state index contributed by atoms with van der Waals surface area (Å²) in [6.07, 6.45) is 4.37. The van der Waals surface area contributed by atoms with Gasteiger partial charge in [-0.2, -0.15) is 0 Å². The van der Waals surface area contributed by atoms with E-state index in [1.54, 1.807) is 24.5 Å². The topological polar surface area (TPSA) is 39.2 Å². The van der Waals surface area contributed by atoms with Crippen LogP contribution >= 0.6 is 11.3 Å². The lowest BCUT2D eigenvalue weighted by Gasteiger charge is -2.11. The monoisotopic (exact) mass is 223 g/mol. The average Bonchev–Trinajstić information content (AvgIpc) is 2.66. The molecule has 0 amide bonds. The van der Waals surface area contributed by atoms with Gasteiger partial charge >= 0.3 is 0 Å². The first-order chi connectivity index (χ1) is 7.31. The van der Waals surface area contributed by atoms with Crippen molar-refractivity contribution in [2.75, 3.05) is 7.11 Å². The molecule has 0 radical (unpaired) electrons. The molecule has 15 heavy (non-hydrogen) atoms. The van der Waals surface area contributed by atoms with E-state index in [2.05, 4.69) is 4.98 Å². The number of allylic oxidation sites excluding steroid dienone is 2. The number of aromatic nitrogens is 1. The Bertz CT molecular complexity index is 395. The van der Waals surface area contributed by atoms with Gasteiger partial charge in [0.2, 0.25) is 0 Å². The van der Waals surface area contributed by atoms with Crippen molar-refractivity contribution in [3.8, 4) is 0 Å². The SMILES string of the molecule is COCc1ncsc1C1=CC(=O)CCC1. The number of ketones is 1. The van der Waals surface area contributed by atoms with Crippen molar-refractivity contribution >= 4 is 22.7 Å². The van der Waals surface area contributed by atoms with Crippen LogP contribution in [0.5, 0.6) is 0 Å². The molecule has 0 fully saturated rings. The largest absolute Gasteiger partial charge is 0.378 e. The van der Waals surface area contributed by atoms with Crippen molar-refractivity contribution in [1.29, 1.82) is 0 Å². The van der Waals surface area contributed by atoms with Crippen LogP contribution in [0.3, 0.4) is 0 Å². The van der Waals surface area contributed by atoms with E-state index in [4.69, 9.17) is 4.74 Å². The number of hydrogen-bond acceptors (Lipinski definition) is 4. The van der Waals surface area contributed by atoms with E-state index >= 15 is 0 Å². The van der Waals surface area contributed by atoms with E-state index in [0.29, 0.717) is 13.0 Å². The van der Waals surface area contributed by atoms with Crippen LogP contribution in [0.25, 0.3) is 5.57 Å². The highest BCUT2D eigenvalue weighted by atomic mass is 32.1. The zero-order chi connectivity index (χ0) is 10.7. The third-order valence-electron chi connectivity index (χ3n) is 2.42. The molecule has 0 aromatic carbocycles. The summed E-state index contributed by atoms with van der Waals surface area (Å²) < 4.78 is 5.08. The second-order valence-electron chi connectivity index (χ2n) is 3.55. The van der Waals surface area contributed by atoms with Crippen LogP contribution in [0.4, 0.5) is 0 Å². The van der Waals surface area contributed by atoms with Gasteiger partial charge in [0.1, 0.15) is 0 Å². The molecule has 0 unspecified atom stereocenters. The number of carbonyl (C=O) groups is 1. The molecule has 0 atom stereocenters. The predicted octanol–water partition coefficient (Wildman–Crippen LogP) is 2.43. The Balaban J connectivity index is 2.28. The van der Waals surface area contributed by atoms with Crippen LogP contribution in [0.2, 0.25) is 0 Å². The fourth-order valence-corrected chi connectivity index (χ4v) is 2.59. The fourth-order valence-electron chi connectivity index (χ4n) is 1.74. The summed E-state index contributed by atoms with van der Waals surface area (Å²) in [5.74, 6) is 0.230. The third-order valence-corrected chi connectivity index (χ3v) is 3.36. The Morgan fingerprint density at radius 3 is 3.13 bits per heavy atom. The first-order valence-corrected chi connectivity index (χ1v) is 5.84. The van der Waals surface area contributed by atoms with Crippen molar-refractivity contribution in [2.24, 2.45) is 0 Å². The second-order valence-corrected chi connectivity index (χ2v) is 4.41. The molecule has 0 N–H and O–H groups in total. The van der Waals surface area contributed by atoms with Gasteiger partial charge in [0, 0.05) is 13.5 Å². The van der Waals surface area contributed by atoms with Gasteiger partial charge < -0.3 is 4.74 Å². The minimum Gasteiger partial charge on any atom is -0.378 e. The van der Waals surface area contributed by atoms with E-state index in [9.17, 15) is 4.79 Å². The summed E-state index contributed by atoms with van der Waals surface area (Å²) in [5.41, 5.74) is 3.88. The number of carbonyl (C=O) groups excluding carboxylic acids is 1. The number of nitrogens with zero attached hydrogens (tertiary/aromatic N) is 1. The highest BCUT2D eigenvalue weighted by Gasteiger charge is 2.16. The van der Waals surface area contributed by atoms with Crippen LogP contribution in [0.15, 0.2) is 11.6 Å². The Morgan fingerprint density at radius 2 is 2.40 bits per heavy atom. The molecule has 80 valence electrons. The molecule has 1 heterocycles. The van der Waals surface area contributed by atoms with Crippen molar-refractivity contribution < 1.29 is 9.53 Å². The number of rotatable bonds is 3. The predicted molar refractivity (Wildman–Crippen MR) is 59.7 cm³/mol. The zero-order valence-electron chi connectivity index (χ0n) is 8.66. The van der Waals surface area contributed by atoms with Gasteiger partial charge in [0.15, 0.2) is 5.78 Å². The van der Waals surface area contributed by atoms with Gasteiger partial charge in [0.25, 0.3) is 0 Å². The third kappa shape index (κ3) is 2.33. The molecule has 1 aromatic heterocycles. The van der Waals surface area contributed by atoms with Gasteiger partial charge in [-0.1, -0.05) is 0 Å². The van der Waals surface area contributed by atoms with Crippen LogP contribution < -0.4 is 0 Å². The van der Waals surface area contributed by atoms with Crippen molar-refractivity contribution in [3.05, 3.63) is 22.2 Å². The first kappa shape index (κ1) is 10.5.